The fraction of sp³-hybridized carbons (Fsp3) is 0.700. The third-order valence-corrected chi connectivity index (χ3v) is 5.50. The second-order valence-electron chi connectivity index (χ2n) is 8.75. The van der Waals surface area contributed by atoms with Gasteiger partial charge in [-0.3, -0.25) is 0 Å². The molecule has 114 valence electrons. The van der Waals surface area contributed by atoms with Crippen LogP contribution in [0.2, 0.25) is 0 Å². The molecule has 2 heteroatoms. The Morgan fingerprint density at radius 1 is 0.818 bits per heavy atom. The van der Waals surface area contributed by atoms with Crippen molar-refractivity contribution in [1.29, 1.82) is 0 Å². The third-order valence-electron chi connectivity index (χ3n) is 5.50. The molecule has 0 nitrogen and oxygen atoms in total. The van der Waals surface area contributed by atoms with E-state index in [0.717, 1.165) is 11.8 Å². The van der Waals surface area contributed by atoms with Crippen molar-refractivity contribution in [3.8, 4) is 0 Å². The predicted octanol–water partition coefficient (Wildman–Crippen LogP) is 5.33. The van der Waals surface area contributed by atoms with E-state index in [2.05, 4.69) is 101 Å². The van der Waals surface area contributed by atoms with Crippen LogP contribution in [0, 0.1) is 11.8 Å². The maximum atomic E-state index is 2.43. The van der Waals surface area contributed by atoms with E-state index in [0.29, 0.717) is 0 Å². The van der Waals surface area contributed by atoms with E-state index >= 15 is 0 Å². The van der Waals surface area contributed by atoms with Crippen LogP contribution in [0.5, 0.6) is 0 Å². The number of hydrogen-bond acceptors (Lipinski definition) is 0. The Hall–Kier alpha value is 0.415. The molecule has 0 radical (unpaired) electrons. The zero-order valence-corrected chi connectivity index (χ0v) is 16.3. The summed E-state index contributed by atoms with van der Waals surface area (Å²) in [5, 5.41) is 0. The molecule has 22 heavy (non-hydrogen) atoms. The molecule has 0 fully saturated rings. The van der Waals surface area contributed by atoms with Gasteiger partial charge >= 0.3 is 158 Å². The summed E-state index contributed by atoms with van der Waals surface area (Å²) in [5.74, 6) is 1.56. The van der Waals surface area contributed by atoms with Gasteiger partial charge in [-0.25, -0.2) is 0 Å². The monoisotopic (exact) mass is 286 g/mol. The van der Waals surface area contributed by atoms with E-state index in [9.17, 15) is 0 Å². The molecular formula is C20H32Li2. The molecular weight excluding hydrogens is 254 g/mol. The molecule has 0 saturated carbocycles. The molecule has 0 amide bonds. The van der Waals surface area contributed by atoms with Gasteiger partial charge in [-0.1, -0.05) is 0 Å². The van der Waals surface area contributed by atoms with Crippen molar-refractivity contribution in [2.45, 2.75) is 75.4 Å². The number of hydrogen-bond donors (Lipinski definition) is 0. The maximum absolute atomic E-state index is 2.43. The zero-order chi connectivity index (χ0) is 17.0. The van der Waals surface area contributed by atoms with E-state index in [4.69, 9.17) is 0 Å². The minimum atomic E-state index is 0.249. The van der Waals surface area contributed by atoms with Crippen LogP contribution < -0.4 is 0 Å². The van der Waals surface area contributed by atoms with Crippen LogP contribution >= 0.6 is 0 Å². The molecule has 0 heterocycles. The van der Waals surface area contributed by atoms with Gasteiger partial charge in [0, 0.05) is 0 Å². The standard InChI is InChI=1S/C20H32.2Li/c1-7-15(3)13-17(5)19-11-9-10-12-20(19)18(6)14-16(4)8-2;;/h9-12,15-16H,7-8,13-14H2,1-6H3;;. The van der Waals surface area contributed by atoms with Crippen molar-refractivity contribution in [2.24, 2.45) is 11.8 Å². The van der Waals surface area contributed by atoms with Crippen molar-refractivity contribution < 1.29 is 0 Å². The second-order valence-corrected chi connectivity index (χ2v) is 8.75. The van der Waals surface area contributed by atoms with Crippen LogP contribution in [0.3, 0.4) is 0 Å². The van der Waals surface area contributed by atoms with Crippen molar-refractivity contribution in [1.82, 2.24) is 0 Å². The van der Waals surface area contributed by atoms with Gasteiger partial charge in [-0.15, -0.1) is 0 Å². The first-order chi connectivity index (χ1) is 10.1. The van der Waals surface area contributed by atoms with Crippen LogP contribution in [0.25, 0.3) is 0 Å². The van der Waals surface area contributed by atoms with E-state index < -0.39 is 0 Å². The van der Waals surface area contributed by atoms with Gasteiger partial charge in [-0.05, 0) is 0 Å². The van der Waals surface area contributed by atoms with E-state index in [1.54, 1.807) is 11.1 Å². The quantitative estimate of drug-likeness (QED) is 0.567. The summed E-state index contributed by atoms with van der Waals surface area (Å²) < 4.78 is 0.498. The Morgan fingerprint density at radius 3 is 1.41 bits per heavy atom. The van der Waals surface area contributed by atoms with Gasteiger partial charge in [0.25, 0.3) is 0 Å². The Balaban J connectivity index is 3.18. The van der Waals surface area contributed by atoms with Gasteiger partial charge in [0.2, 0.25) is 0 Å². The molecule has 1 aromatic carbocycles. The van der Waals surface area contributed by atoms with Crippen LogP contribution in [0.1, 0.15) is 78.4 Å². The van der Waals surface area contributed by atoms with Crippen molar-refractivity contribution in [3.05, 3.63) is 35.4 Å². The molecule has 0 aliphatic heterocycles. The fourth-order valence-electron chi connectivity index (χ4n) is 3.91. The van der Waals surface area contributed by atoms with Crippen LogP contribution in [-0.4, -0.2) is 35.4 Å². The van der Waals surface area contributed by atoms with E-state index in [1.165, 1.54) is 25.7 Å². The molecule has 0 aliphatic carbocycles. The molecule has 1 rings (SSSR count). The van der Waals surface area contributed by atoms with Gasteiger partial charge in [-0.2, -0.15) is 0 Å². The van der Waals surface area contributed by atoms with Crippen LogP contribution in [0.15, 0.2) is 24.3 Å². The average Bonchev–Trinajstić information content (AvgIpc) is 2.46. The summed E-state index contributed by atoms with van der Waals surface area (Å²) in [4.78, 5) is 0. The van der Waals surface area contributed by atoms with Gasteiger partial charge < -0.3 is 0 Å². The van der Waals surface area contributed by atoms with E-state index in [-0.39, 0.29) is 8.18 Å². The number of rotatable bonds is 8. The summed E-state index contributed by atoms with van der Waals surface area (Å²) in [5.41, 5.74) is 3.12. The molecule has 0 saturated heterocycles. The van der Waals surface area contributed by atoms with Crippen molar-refractivity contribution in [2.75, 3.05) is 0 Å². The Bertz CT molecular complexity index is 420. The van der Waals surface area contributed by atoms with Crippen molar-refractivity contribution in [3.63, 3.8) is 0 Å². The first-order valence-electron chi connectivity index (χ1n) is 9.24. The minimum absolute atomic E-state index is 0.249. The first-order valence-corrected chi connectivity index (χ1v) is 9.24. The Labute approximate surface area is 157 Å². The predicted molar refractivity (Wildman–Crippen MR) is 101 cm³/mol. The van der Waals surface area contributed by atoms with Crippen LogP contribution in [-0.2, 0) is 8.18 Å². The van der Waals surface area contributed by atoms with E-state index in [1.807, 2.05) is 0 Å². The first kappa shape index (κ1) is 20.5. The second kappa shape index (κ2) is 8.49. The summed E-state index contributed by atoms with van der Waals surface area (Å²) in [7, 11) is 0. The zero-order valence-electron chi connectivity index (χ0n) is 16.3. The summed E-state index contributed by atoms with van der Waals surface area (Å²) >= 11 is 4.86. The number of benzene rings is 1. The molecule has 0 spiro atoms. The molecule has 4 unspecified atom stereocenters. The molecule has 1 aromatic rings. The normalized spacial score (nSPS) is 20.1. The topological polar surface area (TPSA) is 0 Å². The molecule has 0 aromatic heterocycles. The van der Waals surface area contributed by atoms with Gasteiger partial charge in [0.05, 0.1) is 0 Å². The summed E-state index contributed by atoms with van der Waals surface area (Å²) in [6.45, 7) is 14.2. The average molecular weight is 286 g/mol. The third kappa shape index (κ3) is 5.50. The van der Waals surface area contributed by atoms with Gasteiger partial charge in [0.15, 0.2) is 0 Å². The molecule has 4 atom stereocenters. The SMILES string of the molecule is [Li][C](C)(CC(C)CC)c1ccccc1[C]([Li])(C)CC(C)CC. The molecule has 0 bridgehead atoms. The van der Waals surface area contributed by atoms with Gasteiger partial charge in [0.1, 0.15) is 0 Å². The summed E-state index contributed by atoms with van der Waals surface area (Å²) in [6.07, 6.45) is 5.06. The Kier molecular flexibility index (Phi) is 7.90. The summed E-state index contributed by atoms with van der Waals surface area (Å²) in [6, 6.07) is 9.18. The van der Waals surface area contributed by atoms with Crippen molar-refractivity contribution >= 4 is 35.4 Å². The Morgan fingerprint density at radius 2 is 1.14 bits per heavy atom. The molecule has 0 N–H and O–H groups in total. The van der Waals surface area contributed by atoms with Crippen LogP contribution in [0.4, 0.5) is 0 Å². The fourth-order valence-corrected chi connectivity index (χ4v) is 3.91. The molecule has 0 aliphatic rings.